The highest BCUT2D eigenvalue weighted by molar-refractivity contribution is 5.68. The normalized spacial score (nSPS) is 23.8. The molecule has 0 unspecified atom stereocenters. The monoisotopic (exact) mass is 184 g/mol. The molecule has 0 aromatic rings. The van der Waals surface area contributed by atoms with Crippen molar-refractivity contribution in [2.75, 3.05) is 19.8 Å². The zero-order valence-corrected chi connectivity index (χ0v) is 7.79. The first kappa shape index (κ1) is 8.81. The van der Waals surface area contributed by atoms with Crippen molar-refractivity contribution in [1.82, 2.24) is 10.2 Å². The van der Waals surface area contributed by atoms with Crippen LogP contribution in [0.25, 0.3) is 0 Å². The lowest BCUT2D eigenvalue weighted by atomic mass is 10.3. The van der Waals surface area contributed by atoms with Crippen molar-refractivity contribution < 1.29 is 9.53 Å². The lowest BCUT2D eigenvalue weighted by molar-refractivity contribution is 0.0713. The molecule has 0 bridgehead atoms. The minimum atomic E-state index is -0.142. The van der Waals surface area contributed by atoms with Gasteiger partial charge in [0.05, 0.1) is 6.67 Å². The third-order valence-corrected chi connectivity index (χ3v) is 2.69. The summed E-state index contributed by atoms with van der Waals surface area (Å²) in [5.41, 5.74) is 0. The maximum absolute atomic E-state index is 11.5. The van der Waals surface area contributed by atoms with Gasteiger partial charge in [-0.3, -0.25) is 10.2 Å². The Kier molecular flexibility index (Phi) is 2.68. The van der Waals surface area contributed by atoms with Crippen LogP contribution in [0.3, 0.4) is 0 Å². The van der Waals surface area contributed by atoms with E-state index in [1.165, 1.54) is 12.8 Å². The van der Waals surface area contributed by atoms with Gasteiger partial charge in [0.1, 0.15) is 6.10 Å². The van der Waals surface area contributed by atoms with Crippen LogP contribution < -0.4 is 5.32 Å². The molecule has 2 aliphatic rings. The fourth-order valence-electron chi connectivity index (χ4n) is 1.89. The second-order valence-corrected chi connectivity index (χ2v) is 3.71. The summed E-state index contributed by atoms with van der Waals surface area (Å²) in [7, 11) is 0. The molecule has 1 saturated carbocycles. The summed E-state index contributed by atoms with van der Waals surface area (Å²) in [4.78, 5) is 13.2. The zero-order chi connectivity index (χ0) is 9.10. The number of carbonyl (C=O) groups is 1. The molecule has 1 amide bonds. The molecule has 2 fully saturated rings. The van der Waals surface area contributed by atoms with E-state index in [1.807, 2.05) is 0 Å². The van der Waals surface area contributed by atoms with Crippen LogP contribution in [-0.4, -0.2) is 36.9 Å². The van der Waals surface area contributed by atoms with Crippen molar-refractivity contribution in [3.63, 3.8) is 0 Å². The van der Waals surface area contributed by atoms with Crippen molar-refractivity contribution >= 4 is 6.09 Å². The van der Waals surface area contributed by atoms with Gasteiger partial charge in [0.15, 0.2) is 0 Å². The number of ether oxygens (including phenoxy) is 1. The van der Waals surface area contributed by atoms with Gasteiger partial charge >= 0.3 is 6.09 Å². The molecule has 4 heteroatoms. The maximum Gasteiger partial charge on any atom is 0.411 e. The van der Waals surface area contributed by atoms with Crippen LogP contribution in [0.5, 0.6) is 0 Å². The van der Waals surface area contributed by atoms with Gasteiger partial charge in [-0.1, -0.05) is 0 Å². The predicted octanol–water partition coefficient (Wildman–Crippen LogP) is 0.928. The average molecular weight is 184 g/mol. The van der Waals surface area contributed by atoms with Crippen molar-refractivity contribution in [3.8, 4) is 0 Å². The molecule has 74 valence electrons. The van der Waals surface area contributed by atoms with Crippen molar-refractivity contribution in [2.24, 2.45) is 0 Å². The quantitative estimate of drug-likeness (QED) is 0.659. The molecule has 0 aromatic heterocycles. The highest BCUT2D eigenvalue weighted by Gasteiger charge is 2.24. The number of rotatable bonds is 1. The van der Waals surface area contributed by atoms with Crippen LogP contribution in [0, 0.1) is 0 Å². The van der Waals surface area contributed by atoms with Gasteiger partial charge < -0.3 is 4.74 Å². The molecule has 1 aliphatic heterocycles. The van der Waals surface area contributed by atoms with Gasteiger partial charge in [-0.15, -0.1) is 0 Å². The average Bonchev–Trinajstić information content (AvgIpc) is 2.74. The molecule has 2 rings (SSSR count). The SMILES string of the molecule is O=C(OC1CCCC1)N1CCNC1. The first-order chi connectivity index (χ1) is 6.36. The van der Waals surface area contributed by atoms with E-state index in [0.717, 1.165) is 25.9 Å². The van der Waals surface area contributed by atoms with Crippen LogP contribution in [0.1, 0.15) is 25.7 Å². The fourth-order valence-corrected chi connectivity index (χ4v) is 1.89. The van der Waals surface area contributed by atoms with E-state index in [0.29, 0.717) is 6.67 Å². The number of nitrogens with zero attached hydrogens (tertiary/aromatic N) is 1. The summed E-state index contributed by atoms with van der Waals surface area (Å²) in [6.07, 6.45) is 4.55. The third kappa shape index (κ3) is 2.12. The molecule has 1 heterocycles. The lowest BCUT2D eigenvalue weighted by Crippen LogP contribution is -2.32. The van der Waals surface area contributed by atoms with Gasteiger partial charge in [0, 0.05) is 13.1 Å². The smallest absolute Gasteiger partial charge is 0.411 e. The first-order valence-corrected chi connectivity index (χ1v) is 5.02. The zero-order valence-electron chi connectivity index (χ0n) is 7.79. The van der Waals surface area contributed by atoms with Crippen LogP contribution in [0.2, 0.25) is 0 Å². The Morgan fingerprint density at radius 1 is 1.38 bits per heavy atom. The van der Waals surface area contributed by atoms with E-state index in [2.05, 4.69) is 5.32 Å². The first-order valence-electron chi connectivity index (χ1n) is 5.02. The van der Waals surface area contributed by atoms with Crippen LogP contribution in [0.15, 0.2) is 0 Å². The number of hydrogen-bond donors (Lipinski definition) is 1. The van der Waals surface area contributed by atoms with Gasteiger partial charge in [-0.05, 0) is 25.7 Å². The fraction of sp³-hybridized carbons (Fsp3) is 0.889. The molecule has 0 aromatic carbocycles. The molecule has 0 atom stereocenters. The molecule has 4 nitrogen and oxygen atoms in total. The van der Waals surface area contributed by atoms with E-state index in [-0.39, 0.29) is 12.2 Å². The summed E-state index contributed by atoms with van der Waals surface area (Å²) < 4.78 is 5.34. The predicted molar refractivity (Wildman–Crippen MR) is 48.3 cm³/mol. The van der Waals surface area contributed by atoms with Gasteiger partial charge in [0.2, 0.25) is 0 Å². The van der Waals surface area contributed by atoms with Gasteiger partial charge in [-0.25, -0.2) is 4.79 Å². The third-order valence-electron chi connectivity index (χ3n) is 2.69. The van der Waals surface area contributed by atoms with Gasteiger partial charge in [-0.2, -0.15) is 0 Å². The van der Waals surface area contributed by atoms with Crippen LogP contribution in [-0.2, 0) is 4.74 Å². The highest BCUT2D eigenvalue weighted by Crippen LogP contribution is 2.21. The van der Waals surface area contributed by atoms with Crippen LogP contribution >= 0.6 is 0 Å². The van der Waals surface area contributed by atoms with E-state index < -0.39 is 0 Å². The molecule has 1 N–H and O–H groups in total. The largest absolute Gasteiger partial charge is 0.446 e. The summed E-state index contributed by atoms with van der Waals surface area (Å²) in [5, 5.41) is 3.10. The summed E-state index contributed by atoms with van der Waals surface area (Å²) in [6, 6.07) is 0. The number of amides is 1. The maximum atomic E-state index is 11.5. The second-order valence-electron chi connectivity index (χ2n) is 3.71. The van der Waals surface area contributed by atoms with E-state index in [4.69, 9.17) is 4.74 Å². The minimum absolute atomic E-state index is 0.142. The Balaban J connectivity index is 1.76. The standard InChI is InChI=1S/C9H16N2O2/c12-9(11-6-5-10-7-11)13-8-3-1-2-4-8/h8,10H,1-7H2. The molecule has 0 spiro atoms. The Hall–Kier alpha value is -0.770. The topological polar surface area (TPSA) is 41.6 Å². The Bertz CT molecular complexity index is 184. The van der Waals surface area contributed by atoms with E-state index in [9.17, 15) is 4.79 Å². The lowest BCUT2D eigenvalue weighted by Gasteiger charge is -2.17. The number of nitrogens with one attached hydrogen (secondary N) is 1. The van der Waals surface area contributed by atoms with Crippen molar-refractivity contribution in [1.29, 1.82) is 0 Å². The molecule has 1 saturated heterocycles. The Labute approximate surface area is 78.2 Å². The molecule has 13 heavy (non-hydrogen) atoms. The molecular weight excluding hydrogens is 168 g/mol. The van der Waals surface area contributed by atoms with Crippen molar-refractivity contribution in [2.45, 2.75) is 31.8 Å². The Morgan fingerprint density at radius 3 is 2.77 bits per heavy atom. The van der Waals surface area contributed by atoms with E-state index >= 15 is 0 Å². The summed E-state index contributed by atoms with van der Waals surface area (Å²) in [6.45, 7) is 2.32. The van der Waals surface area contributed by atoms with Crippen molar-refractivity contribution in [3.05, 3.63) is 0 Å². The van der Waals surface area contributed by atoms with Gasteiger partial charge in [0.25, 0.3) is 0 Å². The summed E-state index contributed by atoms with van der Waals surface area (Å²) in [5.74, 6) is 0. The molecular formula is C9H16N2O2. The molecule has 1 aliphatic carbocycles. The van der Waals surface area contributed by atoms with E-state index in [1.54, 1.807) is 4.90 Å². The minimum Gasteiger partial charge on any atom is -0.446 e. The molecule has 0 radical (unpaired) electrons. The number of carbonyl (C=O) groups excluding carboxylic acids is 1. The summed E-state index contributed by atoms with van der Waals surface area (Å²) >= 11 is 0. The second kappa shape index (κ2) is 3.96. The Morgan fingerprint density at radius 2 is 2.15 bits per heavy atom. The highest BCUT2D eigenvalue weighted by atomic mass is 16.6. The number of hydrogen-bond acceptors (Lipinski definition) is 3. The van der Waals surface area contributed by atoms with Crippen LogP contribution in [0.4, 0.5) is 4.79 Å².